The molecule has 1 rings (SSSR count). The number of nitrogens with zero attached hydrogens (tertiary/aromatic N) is 1. The van der Waals surface area contributed by atoms with Crippen molar-refractivity contribution in [2.24, 2.45) is 0 Å². The highest BCUT2D eigenvalue weighted by Gasteiger charge is 1.99. The second-order valence-corrected chi connectivity index (χ2v) is 4.72. The first-order valence-corrected chi connectivity index (χ1v) is 6.66. The first kappa shape index (κ1) is 14.5. The Morgan fingerprint density at radius 1 is 1.12 bits per heavy atom. The minimum absolute atomic E-state index is 0.699. The summed E-state index contributed by atoms with van der Waals surface area (Å²) in [7, 11) is 2.07. The summed E-state index contributed by atoms with van der Waals surface area (Å²) in [4.78, 5) is 2.20. The van der Waals surface area contributed by atoms with Crippen LogP contribution in [0.25, 0.3) is 0 Å². The van der Waals surface area contributed by atoms with Crippen LogP contribution in [0.2, 0.25) is 0 Å². The second kappa shape index (κ2) is 8.50. The zero-order valence-corrected chi connectivity index (χ0v) is 12.1. The van der Waals surface area contributed by atoms with Crippen molar-refractivity contribution in [2.75, 3.05) is 40.0 Å². The monoisotopic (exact) mass is 301 g/mol. The zero-order chi connectivity index (χ0) is 12.5. The van der Waals surface area contributed by atoms with Crippen LogP contribution in [0.5, 0.6) is 5.75 Å². The molecule has 0 amide bonds. The molecule has 0 unspecified atom stereocenters. The van der Waals surface area contributed by atoms with Crippen molar-refractivity contribution in [3.05, 3.63) is 28.7 Å². The maximum atomic E-state index is 5.63. The Kier molecular flexibility index (Phi) is 7.24. The van der Waals surface area contributed by atoms with Crippen LogP contribution in [-0.4, -0.2) is 44.9 Å². The topological polar surface area (TPSA) is 21.7 Å². The first-order valence-electron chi connectivity index (χ1n) is 5.87. The Balaban J connectivity index is 2.12. The molecule has 0 radical (unpaired) electrons. The van der Waals surface area contributed by atoms with Crippen molar-refractivity contribution in [1.82, 2.24) is 4.90 Å². The van der Waals surface area contributed by atoms with E-state index in [0.29, 0.717) is 6.61 Å². The van der Waals surface area contributed by atoms with Gasteiger partial charge < -0.3 is 14.4 Å². The molecule has 0 aromatic heterocycles. The molecule has 17 heavy (non-hydrogen) atoms. The summed E-state index contributed by atoms with van der Waals surface area (Å²) in [5.41, 5.74) is 0. The maximum absolute atomic E-state index is 5.63. The minimum atomic E-state index is 0.699. The van der Waals surface area contributed by atoms with Crippen LogP contribution < -0.4 is 4.74 Å². The zero-order valence-electron chi connectivity index (χ0n) is 10.5. The van der Waals surface area contributed by atoms with E-state index in [2.05, 4.69) is 27.9 Å². The normalized spacial score (nSPS) is 10.8. The number of hydrogen-bond acceptors (Lipinski definition) is 3. The Labute approximate surface area is 112 Å². The fraction of sp³-hybridized carbons (Fsp3) is 0.538. The molecule has 0 aliphatic rings. The second-order valence-electron chi connectivity index (χ2n) is 3.80. The van der Waals surface area contributed by atoms with Crippen LogP contribution in [0, 0.1) is 0 Å². The van der Waals surface area contributed by atoms with Gasteiger partial charge in [0.2, 0.25) is 0 Å². The lowest BCUT2D eigenvalue weighted by molar-refractivity contribution is 0.116. The average Bonchev–Trinajstić information content (AvgIpc) is 2.32. The smallest absolute Gasteiger partial charge is 0.119 e. The Morgan fingerprint density at radius 2 is 1.76 bits per heavy atom. The number of hydrogen-bond donors (Lipinski definition) is 0. The van der Waals surface area contributed by atoms with Crippen molar-refractivity contribution in [1.29, 1.82) is 0 Å². The van der Waals surface area contributed by atoms with E-state index in [1.54, 1.807) is 0 Å². The summed E-state index contributed by atoms with van der Waals surface area (Å²) < 4.78 is 12.0. The van der Waals surface area contributed by atoms with Crippen molar-refractivity contribution >= 4 is 15.9 Å². The lowest BCUT2D eigenvalue weighted by atomic mass is 10.3. The summed E-state index contributed by atoms with van der Waals surface area (Å²) in [6.07, 6.45) is 0. The highest BCUT2D eigenvalue weighted by molar-refractivity contribution is 9.10. The molecular formula is C13H20BrNO2. The highest BCUT2D eigenvalue weighted by atomic mass is 79.9. The molecule has 1 aromatic rings. The van der Waals surface area contributed by atoms with Gasteiger partial charge in [-0.05, 0) is 38.2 Å². The molecule has 4 heteroatoms. The van der Waals surface area contributed by atoms with Gasteiger partial charge in [0.15, 0.2) is 0 Å². The number of halogens is 1. The van der Waals surface area contributed by atoms with Gasteiger partial charge in [-0.2, -0.15) is 0 Å². The van der Waals surface area contributed by atoms with Gasteiger partial charge in [-0.1, -0.05) is 15.9 Å². The quantitative estimate of drug-likeness (QED) is 0.689. The van der Waals surface area contributed by atoms with Crippen molar-refractivity contribution in [3.63, 3.8) is 0 Å². The van der Waals surface area contributed by atoms with Crippen molar-refractivity contribution in [3.8, 4) is 5.75 Å². The van der Waals surface area contributed by atoms with Gasteiger partial charge in [-0.15, -0.1) is 0 Å². The summed E-state index contributed by atoms with van der Waals surface area (Å²) in [5, 5.41) is 0. The molecule has 0 N–H and O–H groups in total. The number of ether oxygens (including phenoxy) is 2. The predicted octanol–water partition coefficient (Wildman–Crippen LogP) is 2.80. The van der Waals surface area contributed by atoms with Crippen molar-refractivity contribution in [2.45, 2.75) is 6.92 Å². The van der Waals surface area contributed by atoms with E-state index in [1.807, 2.05) is 31.2 Å². The Morgan fingerprint density at radius 3 is 2.41 bits per heavy atom. The largest absolute Gasteiger partial charge is 0.492 e. The van der Waals surface area contributed by atoms with Gasteiger partial charge in [-0.3, -0.25) is 0 Å². The molecule has 0 saturated heterocycles. The predicted molar refractivity (Wildman–Crippen MR) is 73.6 cm³/mol. The van der Waals surface area contributed by atoms with Gasteiger partial charge in [0.05, 0.1) is 6.61 Å². The van der Waals surface area contributed by atoms with Crippen LogP contribution in [0.4, 0.5) is 0 Å². The van der Waals surface area contributed by atoms with Crippen LogP contribution in [-0.2, 0) is 4.74 Å². The summed E-state index contributed by atoms with van der Waals surface area (Å²) >= 11 is 3.39. The van der Waals surface area contributed by atoms with Gasteiger partial charge >= 0.3 is 0 Å². The van der Waals surface area contributed by atoms with E-state index >= 15 is 0 Å². The number of rotatable bonds is 8. The number of likely N-dealkylation sites (N-methyl/N-ethyl adjacent to an activating group) is 1. The molecule has 0 fully saturated rings. The fourth-order valence-electron chi connectivity index (χ4n) is 1.33. The van der Waals surface area contributed by atoms with E-state index < -0.39 is 0 Å². The van der Waals surface area contributed by atoms with Gasteiger partial charge in [-0.25, -0.2) is 0 Å². The van der Waals surface area contributed by atoms with Crippen LogP contribution >= 0.6 is 15.9 Å². The third-order valence-corrected chi connectivity index (χ3v) is 2.91. The molecule has 0 aliphatic carbocycles. The lowest BCUT2D eigenvalue weighted by Gasteiger charge is -2.16. The van der Waals surface area contributed by atoms with E-state index in [9.17, 15) is 0 Å². The standard InChI is InChI=1S/C13H20BrNO2/c1-3-16-10-8-15(2)9-11-17-13-6-4-12(14)5-7-13/h4-7H,3,8-11H2,1-2H3. The fourth-order valence-corrected chi connectivity index (χ4v) is 1.59. The third kappa shape index (κ3) is 6.66. The molecule has 1 aromatic carbocycles. The SMILES string of the molecule is CCOCCN(C)CCOc1ccc(Br)cc1. The van der Waals surface area contributed by atoms with Gasteiger partial charge in [0.25, 0.3) is 0 Å². The van der Waals surface area contributed by atoms with Crippen LogP contribution in [0.15, 0.2) is 28.7 Å². The molecule has 0 bridgehead atoms. The molecule has 3 nitrogen and oxygen atoms in total. The first-order chi connectivity index (χ1) is 8.22. The van der Waals surface area contributed by atoms with E-state index in [0.717, 1.165) is 36.5 Å². The van der Waals surface area contributed by atoms with E-state index in [-0.39, 0.29) is 0 Å². The molecule has 0 spiro atoms. The molecule has 0 atom stereocenters. The average molecular weight is 302 g/mol. The number of benzene rings is 1. The van der Waals surface area contributed by atoms with E-state index in [4.69, 9.17) is 9.47 Å². The van der Waals surface area contributed by atoms with Gasteiger partial charge in [0.1, 0.15) is 12.4 Å². The van der Waals surface area contributed by atoms with Crippen molar-refractivity contribution < 1.29 is 9.47 Å². The van der Waals surface area contributed by atoms with Crippen LogP contribution in [0.1, 0.15) is 6.92 Å². The molecule has 0 saturated carbocycles. The summed E-state index contributed by atoms with van der Waals surface area (Å²) in [5.74, 6) is 0.909. The van der Waals surface area contributed by atoms with Gasteiger partial charge in [0, 0.05) is 24.2 Å². The Hall–Kier alpha value is -0.580. The summed E-state index contributed by atoms with van der Waals surface area (Å²) in [6, 6.07) is 7.89. The maximum Gasteiger partial charge on any atom is 0.119 e. The highest BCUT2D eigenvalue weighted by Crippen LogP contribution is 2.15. The lowest BCUT2D eigenvalue weighted by Crippen LogP contribution is -2.27. The molecule has 96 valence electrons. The molecule has 0 aliphatic heterocycles. The molecular weight excluding hydrogens is 282 g/mol. The Bertz CT molecular complexity index is 303. The third-order valence-electron chi connectivity index (χ3n) is 2.38. The van der Waals surface area contributed by atoms with Crippen LogP contribution in [0.3, 0.4) is 0 Å². The minimum Gasteiger partial charge on any atom is -0.492 e. The molecule has 0 heterocycles. The van der Waals surface area contributed by atoms with E-state index in [1.165, 1.54) is 0 Å². The summed E-state index contributed by atoms with van der Waals surface area (Å²) in [6.45, 7) is 6.12.